The van der Waals surface area contributed by atoms with E-state index in [-0.39, 0.29) is 10.8 Å². The number of hydrogen-bond acceptors (Lipinski definition) is 2. The van der Waals surface area contributed by atoms with Gasteiger partial charge in [-0.15, -0.1) is 0 Å². The third-order valence-corrected chi connectivity index (χ3v) is 17.1. The molecule has 0 amide bonds. The minimum atomic E-state index is -0.457. The fourth-order valence-corrected chi connectivity index (χ4v) is 13.7. The lowest BCUT2D eigenvalue weighted by Crippen LogP contribution is -2.26. The largest absolute Gasteiger partial charge is 0.310 e. The van der Waals surface area contributed by atoms with E-state index >= 15 is 0 Å². The Kier molecular flexibility index (Phi) is 8.43. The number of nitrogens with zero attached hydrogens (tertiary/aromatic N) is 2. The van der Waals surface area contributed by atoms with Crippen molar-refractivity contribution in [3.63, 3.8) is 0 Å². The number of rotatable bonds is 5. The molecule has 0 unspecified atom stereocenters. The van der Waals surface area contributed by atoms with E-state index in [9.17, 15) is 0 Å². The number of pyridine rings is 1. The summed E-state index contributed by atoms with van der Waals surface area (Å²) in [5, 5.41) is 1.14. The summed E-state index contributed by atoms with van der Waals surface area (Å²) >= 11 is 0. The summed E-state index contributed by atoms with van der Waals surface area (Å²) in [6.45, 7) is 9.55. The highest BCUT2D eigenvalue weighted by Crippen LogP contribution is 2.64. The summed E-state index contributed by atoms with van der Waals surface area (Å²) in [5.74, 6) is 0. The van der Waals surface area contributed by atoms with E-state index in [1.807, 2.05) is 0 Å². The van der Waals surface area contributed by atoms with Crippen LogP contribution in [0, 0.1) is 0 Å². The maximum absolute atomic E-state index is 5.38. The Morgan fingerprint density at radius 1 is 0.292 bits per heavy atom. The maximum atomic E-state index is 5.38. The molecule has 0 atom stereocenters. The van der Waals surface area contributed by atoms with Crippen molar-refractivity contribution in [2.75, 3.05) is 4.90 Å². The van der Waals surface area contributed by atoms with Crippen LogP contribution in [0.4, 0.5) is 17.1 Å². The topological polar surface area (TPSA) is 16.1 Å². The lowest BCUT2D eigenvalue weighted by molar-refractivity contribution is 0.660. The molecule has 4 aliphatic rings. The molecule has 1 heterocycles. The van der Waals surface area contributed by atoms with Crippen LogP contribution in [-0.4, -0.2) is 4.98 Å². The third-order valence-electron chi connectivity index (χ3n) is 17.1. The molecule has 2 heteroatoms. The summed E-state index contributed by atoms with van der Waals surface area (Å²) in [6, 6.07) is 86.6. The fourth-order valence-electron chi connectivity index (χ4n) is 13.7. The van der Waals surface area contributed by atoms with Crippen LogP contribution in [0.5, 0.6) is 0 Å². The fraction of sp³-hybridized carbons (Fsp3) is 0.100. The number of anilines is 3. The monoisotopic (exact) mass is 918 g/mol. The van der Waals surface area contributed by atoms with E-state index in [0.717, 1.165) is 44.8 Å². The summed E-state index contributed by atoms with van der Waals surface area (Å²) < 4.78 is 0. The van der Waals surface area contributed by atoms with Crippen LogP contribution in [-0.2, 0) is 16.2 Å². The Morgan fingerprint density at radius 3 is 1.39 bits per heavy atom. The first kappa shape index (κ1) is 41.2. The highest BCUT2D eigenvalue weighted by Gasteiger charge is 2.52. The van der Waals surface area contributed by atoms with Crippen molar-refractivity contribution in [2.45, 2.75) is 43.9 Å². The average Bonchev–Trinajstić information content (AvgIpc) is 4.05. The van der Waals surface area contributed by atoms with Crippen molar-refractivity contribution in [1.82, 2.24) is 4.98 Å². The van der Waals surface area contributed by atoms with Gasteiger partial charge in [0.05, 0.1) is 16.6 Å². The molecule has 1 spiro atoms. The van der Waals surface area contributed by atoms with E-state index in [1.165, 1.54) is 94.6 Å². The summed E-state index contributed by atoms with van der Waals surface area (Å²) in [6.07, 6.45) is 0. The zero-order valence-electron chi connectivity index (χ0n) is 40.8. The van der Waals surface area contributed by atoms with E-state index in [1.54, 1.807) is 0 Å². The lowest BCUT2D eigenvalue weighted by atomic mass is 9.70. The number of benzene rings is 10. The van der Waals surface area contributed by atoms with Crippen LogP contribution in [0.2, 0.25) is 0 Å². The Balaban J connectivity index is 0.935. The Labute approximate surface area is 421 Å². The van der Waals surface area contributed by atoms with Crippen LogP contribution < -0.4 is 4.90 Å². The van der Waals surface area contributed by atoms with Crippen molar-refractivity contribution in [3.8, 4) is 66.9 Å². The first-order chi connectivity index (χ1) is 35.2. The van der Waals surface area contributed by atoms with E-state index in [2.05, 4.69) is 263 Å². The van der Waals surface area contributed by atoms with Crippen LogP contribution in [0.25, 0.3) is 77.8 Å². The molecule has 0 saturated heterocycles. The van der Waals surface area contributed by atoms with Gasteiger partial charge in [0.1, 0.15) is 0 Å². The summed E-state index contributed by atoms with van der Waals surface area (Å²) in [4.78, 5) is 7.91. The first-order valence-electron chi connectivity index (χ1n) is 25.4. The number of hydrogen-bond donors (Lipinski definition) is 0. The minimum Gasteiger partial charge on any atom is -0.310 e. The molecule has 0 bridgehead atoms. The zero-order chi connectivity index (χ0) is 48.1. The van der Waals surface area contributed by atoms with Crippen LogP contribution >= 0.6 is 0 Å². The second-order valence-electron chi connectivity index (χ2n) is 21.4. The number of fused-ring (bicyclic) bond motifs is 17. The molecule has 0 saturated carbocycles. The first-order valence-corrected chi connectivity index (χ1v) is 25.4. The minimum absolute atomic E-state index is 0.159. The molecular formula is C70H50N2. The normalized spacial score (nSPS) is 15.0. The van der Waals surface area contributed by atoms with Gasteiger partial charge in [-0.3, -0.25) is 0 Å². The SMILES string of the molecule is CC1(C)c2ccc(N(c3ccc4c(c3)C(C)(C)c3ccccc3-4)c3ccc4c(c3)C3(c5ccccc5-c5ccccc53)c3ccccc3-4)cc2-c2ccc(-c3nc4ccccc4cc3-c3ccccc3)cc21. The van der Waals surface area contributed by atoms with Gasteiger partial charge in [-0.25, -0.2) is 4.98 Å². The summed E-state index contributed by atoms with van der Waals surface area (Å²) in [7, 11) is 0. The highest BCUT2D eigenvalue weighted by atomic mass is 15.1. The standard InChI is InChI=1S/C70H50N2/c1-68(2)58-25-13-9-21-49(58)53-35-31-47(41-64(53)68)72(48-32-36-54-52-24-12-16-28-62(52)70(65(54)42-48)60-26-14-10-22-50(60)51-23-11-15-27-61(51)70)46-33-37-59-57(40-46)55-34-30-45(39-63(55)69(59,3)4)67-56(43-18-6-5-7-19-43)38-44-20-8-17-29-66(44)71-67/h5-42H,1-4H3. The Bertz CT molecular complexity index is 4050. The van der Waals surface area contributed by atoms with Gasteiger partial charge in [0.15, 0.2) is 0 Å². The van der Waals surface area contributed by atoms with Crippen molar-refractivity contribution in [2.24, 2.45) is 0 Å². The average molecular weight is 919 g/mol. The van der Waals surface area contributed by atoms with Crippen molar-refractivity contribution < 1.29 is 0 Å². The lowest BCUT2D eigenvalue weighted by Gasteiger charge is -2.33. The smallest absolute Gasteiger partial charge is 0.0788 e. The van der Waals surface area contributed by atoms with Crippen LogP contribution in [0.3, 0.4) is 0 Å². The predicted octanol–water partition coefficient (Wildman–Crippen LogP) is 18.0. The quantitative estimate of drug-likeness (QED) is 0.171. The second kappa shape index (κ2) is 14.7. The molecule has 1 aromatic heterocycles. The van der Waals surface area contributed by atoms with Gasteiger partial charge in [-0.2, -0.15) is 0 Å². The van der Waals surface area contributed by atoms with Gasteiger partial charge in [-0.05, 0) is 149 Å². The van der Waals surface area contributed by atoms with E-state index in [0.29, 0.717) is 0 Å². The molecule has 0 radical (unpaired) electrons. The molecule has 0 fully saturated rings. The van der Waals surface area contributed by atoms with Crippen molar-refractivity contribution in [1.29, 1.82) is 0 Å². The molecular weight excluding hydrogens is 869 g/mol. The number of para-hydroxylation sites is 1. The van der Waals surface area contributed by atoms with Gasteiger partial charge in [0.2, 0.25) is 0 Å². The van der Waals surface area contributed by atoms with Gasteiger partial charge in [-0.1, -0.05) is 204 Å². The molecule has 0 N–H and O–H groups in total. The molecule has 10 aromatic carbocycles. The molecule has 0 aliphatic heterocycles. The number of aromatic nitrogens is 1. The molecule has 72 heavy (non-hydrogen) atoms. The molecule has 15 rings (SSSR count). The summed E-state index contributed by atoms with van der Waals surface area (Å²) in [5.41, 5.74) is 29.2. The van der Waals surface area contributed by atoms with E-state index < -0.39 is 5.41 Å². The maximum Gasteiger partial charge on any atom is 0.0788 e. The van der Waals surface area contributed by atoms with Gasteiger partial charge in [0.25, 0.3) is 0 Å². The van der Waals surface area contributed by atoms with Crippen molar-refractivity contribution >= 4 is 28.0 Å². The molecule has 4 aliphatic carbocycles. The Morgan fingerprint density at radius 2 is 0.736 bits per heavy atom. The Hall–Kier alpha value is -8.59. The van der Waals surface area contributed by atoms with Gasteiger partial charge >= 0.3 is 0 Å². The molecule has 11 aromatic rings. The van der Waals surface area contributed by atoms with Crippen LogP contribution in [0.15, 0.2) is 231 Å². The van der Waals surface area contributed by atoms with Crippen molar-refractivity contribution in [3.05, 3.63) is 275 Å². The molecule has 2 nitrogen and oxygen atoms in total. The second-order valence-corrected chi connectivity index (χ2v) is 21.4. The predicted molar refractivity (Wildman–Crippen MR) is 299 cm³/mol. The molecule has 340 valence electrons. The van der Waals surface area contributed by atoms with Crippen LogP contribution in [0.1, 0.15) is 72.2 Å². The third kappa shape index (κ3) is 5.47. The van der Waals surface area contributed by atoms with Gasteiger partial charge in [0, 0.05) is 44.4 Å². The highest BCUT2D eigenvalue weighted by molar-refractivity contribution is 5.98. The zero-order valence-corrected chi connectivity index (χ0v) is 40.8. The van der Waals surface area contributed by atoms with E-state index in [4.69, 9.17) is 4.98 Å². The van der Waals surface area contributed by atoms with Gasteiger partial charge < -0.3 is 4.90 Å².